The average molecular weight is 278 g/mol. The van der Waals surface area contributed by atoms with Crippen LogP contribution < -0.4 is 5.73 Å². The molecule has 0 aliphatic carbocycles. The first-order valence-electron chi connectivity index (χ1n) is 6.12. The highest BCUT2D eigenvalue weighted by Gasteiger charge is 2.22. The molecule has 3 N–H and O–H groups in total. The first kappa shape index (κ1) is 13.8. The van der Waals surface area contributed by atoms with E-state index < -0.39 is 0 Å². The second kappa shape index (κ2) is 5.19. The number of hydrogen-bond donors (Lipinski definition) is 2. The van der Waals surface area contributed by atoms with Crippen LogP contribution in [0.2, 0.25) is 0 Å². The quantitative estimate of drug-likeness (QED) is 0.905. The fourth-order valence-corrected chi connectivity index (χ4v) is 3.07. The highest BCUT2D eigenvalue weighted by atomic mass is 32.1. The average Bonchev–Trinajstić information content (AvgIpc) is 2.72. The summed E-state index contributed by atoms with van der Waals surface area (Å²) in [4.78, 5) is 14.4. The molecule has 2 rings (SSSR count). The molecule has 1 unspecified atom stereocenters. The van der Waals surface area contributed by atoms with Gasteiger partial charge in [0.15, 0.2) is 0 Å². The molecule has 0 aliphatic rings. The summed E-state index contributed by atoms with van der Waals surface area (Å²) in [6, 6.07) is 5.74. The first-order valence-corrected chi connectivity index (χ1v) is 6.94. The third-order valence-corrected chi connectivity index (χ3v) is 4.48. The van der Waals surface area contributed by atoms with Crippen molar-refractivity contribution in [2.24, 2.45) is 0 Å². The number of nitrogen functional groups attached to an aromatic ring is 1. The van der Waals surface area contributed by atoms with Crippen LogP contribution in [-0.2, 0) is 0 Å². The monoisotopic (exact) mass is 278 g/mol. The predicted octanol–water partition coefficient (Wildman–Crippen LogP) is 2.24. The Bertz CT molecular complexity index is 621. The number of carbonyl (C=O) groups is 1. The van der Waals surface area contributed by atoms with Crippen LogP contribution in [0.25, 0.3) is 10.1 Å². The predicted molar refractivity (Wildman–Crippen MR) is 79.6 cm³/mol. The van der Waals surface area contributed by atoms with Crippen molar-refractivity contribution in [1.29, 1.82) is 0 Å². The lowest BCUT2D eigenvalue weighted by atomic mass is 10.1. The number of rotatable bonds is 3. The second-order valence-corrected chi connectivity index (χ2v) is 5.84. The molecular formula is C14H18N2O2S. The van der Waals surface area contributed by atoms with Crippen LogP contribution in [0.3, 0.4) is 0 Å². The van der Waals surface area contributed by atoms with Gasteiger partial charge in [-0.25, -0.2) is 0 Å². The van der Waals surface area contributed by atoms with Crippen molar-refractivity contribution in [2.45, 2.75) is 19.9 Å². The molecule has 0 fully saturated rings. The zero-order valence-corrected chi connectivity index (χ0v) is 12.1. The third-order valence-electron chi connectivity index (χ3n) is 3.32. The molecule has 19 heavy (non-hydrogen) atoms. The normalized spacial score (nSPS) is 12.6. The zero-order valence-electron chi connectivity index (χ0n) is 11.3. The molecule has 1 amide bonds. The van der Waals surface area contributed by atoms with E-state index in [0.717, 1.165) is 15.6 Å². The van der Waals surface area contributed by atoms with Gasteiger partial charge in [-0.05, 0) is 25.5 Å². The van der Waals surface area contributed by atoms with Crippen molar-refractivity contribution < 1.29 is 9.90 Å². The number of nitrogens with two attached hydrogens (primary N) is 1. The number of fused-ring (bicyclic) bond motifs is 1. The van der Waals surface area contributed by atoms with Gasteiger partial charge in [-0.3, -0.25) is 4.79 Å². The topological polar surface area (TPSA) is 66.6 Å². The molecule has 0 bridgehead atoms. The maximum Gasteiger partial charge on any atom is 0.266 e. The van der Waals surface area contributed by atoms with Gasteiger partial charge < -0.3 is 15.7 Å². The number of aryl methyl sites for hydroxylation is 1. The summed E-state index contributed by atoms with van der Waals surface area (Å²) in [6.07, 6.45) is 0. The fourth-order valence-electron chi connectivity index (χ4n) is 1.87. The van der Waals surface area contributed by atoms with Crippen LogP contribution in [0.15, 0.2) is 18.2 Å². The number of anilines is 1. The lowest BCUT2D eigenvalue weighted by Gasteiger charge is -2.22. The molecule has 1 atom stereocenters. The minimum Gasteiger partial charge on any atom is -0.397 e. The van der Waals surface area contributed by atoms with E-state index in [1.807, 2.05) is 25.1 Å². The summed E-state index contributed by atoms with van der Waals surface area (Å²) >= 11 is 1.40. The summed E-state index contributed by atoms with van der Waals surface area (Å²) in [5.41, 5.74) is 7.74. The minimum atomic E-state index is -0.223. The first-order chi connectivity index (χ1) is 8.95. The number of aliphatic hydroxyl groups is 1. The van der Waals surface area contributed by atoms with Crippen molar-refractivity contribution in [3.8, 4) is 0 Å². The van der Waals surface area contributed by atoms with Crippen molar-refractivity contribution in [2.75, 3.05) is 19.4 Å². The Morgan fingerprint density at radius 2 is 2.21 bits per heavy atom. The maximum atomic E-state index is 12.4. The Balaban J connectivity index is 2.45. The Morgan fingerprint density at radius 1 is 1.53 bits per heavy atom. The molecule has 1 heterocycles. The van der Waals surface area contributed by atoms with Crippen LogP contribution in [0.5, 0.6) is 0 Å². The van der Waals surface area contributed by atoms with Gasteiger partial charge in [-0.2, -0.15) is 0 Å². The van der Waals surface area contributed by atoms with Crippen molar-refractivity contribution in [3.63, 3.8) is 0 Å². The van der Waals surface area contributed by atoms with Crippen LogP contribution in [0.1, 0.15) is 22.2 Å². The lowest BCUT2D eigenvalue weighted by molar-refractivity contribution is 0.0688. The summed E-state index contributed by atoms with van der Waals surface area (Å²) in [7, 11) is 1.68. The van der Waals surface area contributed by atoms with Gasteiger partial charge in [0.1, 0.15) is 4.88 Å². The molecule has 102 valence electrons. The zero-order chi connectivity index (χ0) is 14.2. The van der Waals surface area contributed by atoms with Crippen LogP contribution in [0, 0.1) is 6.92 Å². The largest absolute Gasteiger partial charge is 0.397 e. The number of thiophene rings is 1. The van der Waals surface area contributed by atoms with E-state index in [2.05, 4.69) is 0 Å². The second-order valence-electron chi connectivity index (χ2n) is 4.79. The molecule has 0 spiro atoms. The molecular weight excluding hydrogens is 260 g/mol. The molecule has 0 radical (unpaired) electrons. The molecule has 4 nitrogen and oxygen atoms in total. The van der Waals surface area contributed by atoms with E-state index in [9.17, 15) is 4.79 Å². The van der Waals surface area contributed by atoms with E-state index >= 15 is 0 Å². The molecule has 2 aromatic rings. The van der Waals surface area contributed by atoms with Gasteiger partial charge in [0.2, 0.25) is 0 Å². The van der Waals surface area contributed by atoms with Gasteiger partial charge in [-0.15, -0.1) is 11.3 Å². The number of amides is 1. The Hall–Kier alpha value is -1.59. The number of carbonyl (C=O) groups excluding carboxylic acids is 1. The standard InChI is InChI=1S/C14H18N2O2S/c1-8-4-5-10-11(6-8)19-13(12(10)15)14(18)16(3)9(2)7-17/h4-6,9,17H,7,15H2,1-3H3. The smallest absolute Gasteiger partial charge is 0.266 e. The third kappa shape index (κ3) is 2.43. The van der Waals surface area contributed by atoms with E-state index in [1.165, 1.54) is 16.2 Å². The van der Waals surface area contributed by atoms with Gasteiger partial charge in [0, 0.05) is 17.1 Å². The van der Waals surface area contributed by atoms with Crippen LogP contribution in [0.4, 0.5) is 5.69 Å². The van der Waals surface area contributed by atoms with Gasteiger partial charge in [-0.1, -0.05) is 12.1 Å². The summed E-state index contributed by atoms with van der Waals surface area (Å²) in [6.45, 7) is 3.74. The summed E-state index contributed by atoms with van der Waals surface area (Å²) in [5, 5.41) is 10.0. The van der Waals surface area contributed by atoms with Crippen molar-refractivity contribution in [3.05, 3.63) is 28.6 Å². The SMILES string of the molecule is Cc1ccc2c(N)c(C(=O)N(C)C(C)CO)sc2c1. The Labute approximate surface area is 116 Å². The molecule has 1 aromatic carbocycles. The maximum absolute atomic E-state index is 12.4. The van der Waals surface area contributed by atoms with Crippen molar-refractivity contribution in [1.82, 2.24) is 4.90 Å². The van der Waals surface area contributed by atoms with Crippen LogP contribution >= 0.6 is 11.3 Å². The van der Waals surface area contributed by atoms with E-state index in [0.29, 0.717) is 10.6 Å². The number of benzene rings is 1. The van der Waals surface area contributed by atoms with Crippen LogP contribution in [-0.4, -0.2) is 35.6 Å². The molecule has 0 saturated carbocycles. The molecule has 0 aliphatic heterocycles. The van der Waals surface area contributed by atoms with Gasteiger partial charge in [0.05, 0.1) is 18.3 Å². The Morgan fingerprint density at radius 3 is 2.84 bits per heavy atom. The minimum absolute atomic E-state index is 0.0633. The van der Waals surface area contributed by atoms with E-state index in [1.54, 1.807) is 14.0 Å². The summed E-state index contributed by atoms with van der Waals surface area (Å²) in [5.74, 6) is -0.141. The van der Waals surface area contributed by atoms with E-state index in [-0.39, 0.29) is 18.6 Å². The highest BCUT2D eigenvalue weighted by molar-refractivity contribution is 7.21. The van der Waals surface area contributed by atoms with Crippen molar-refractivity contribution >= 4 is 33.0 Å². The molecule has 5 heteroatoms. The number of aliphatic hydroxyl groups excluding tert-OH is 1. The van der Waals surface area contributed by atoms with Gasteiger partial charge in [0.25, 0.3) is 5.91 Å². The number of hydrogen-bond acceptors (Lipinski definition) is 4. The molecule has 1 aromatic heterocycles. The highest BCUT2D eigenvalue weighted by Crippen LogP contribution is 2.35. The fraction of sp³-hybridized carbons (Fsp3) is 0.357. The molecule has 0 saturated heterocycles. The number of likely N-dealkylation sites (N-methyl/N-ethyl adjacent to an activating group) is 1. The lowest BCUT2D eigenvalue weighted by Crippen LogP contribution is -2.37. The number of nitrogens with zero attached hydrogens (tertiary/aromatic N) is 1. The Kier molecular flexibility index (Phi) is 3.78. The van der Waals surface area contributed by atoms with Gasteiger partial charge >= 0.3 is 0 Å². The summed E-state index contributed by atoms with van der Waals surface area (Å²) < 4.78 is 1.02. The van der Waals surface area contributed by atoms with E-state index in [4.69, 9.17) is 10.8 Å².